The number of aliphatic carboxylic acids is 1. The highest BCUT2D eigenvalue weighted by Gasteiger charge is 2.54. The van der Waals surface area contributed by atoms with Crippen LogP contribution in [0.4, 0.5) is 0 Å². The number of hydrogen-bond acceptors (Lipinski definition) is 2. The Morgan fingerprint density at radius 3 is 2.29 bits per heavy atom. The lowest BCUT2D eigenvalue weighted by Gasteiger charge is -2.52. The maximum atomic E-state index is 11.0. The summed E-state index contributed by atoms with van der Waals surface area (Å²) in [5, 5.41) is 8.89. The lowest BCUT2D eigenvalue weighted by Crippen LogP contribution is -2.53. The lowest BCUT2D eigenvalue weighted by atomic mass is 9.51. The first-order valence-electron chi connectivity index (χ1n) is 4.80. The molecule has 0 aliphatic heterocycles. The first kappa shape index (κ1) is 11.0. The smallest absolute Gasteiger partial charge is 0.307 e. The fraction of sp³-hybridized carbons (Fsp3) is 0.800. The van der Waals surface area contributed by atoms with Crippen molar-refractivity contribution in [3.63, 3.8) is 0 Å². The van der Waals surface area contributed by atoms with Crippen LogP contribution in [-0.2, 0) is 9.59 Å². The molecule has 4 heteroatoms. The average Bonchev–Trinajstić information content (AvgIpc) is 2.01. The van der Waals surface area contributed by atoms with E-state index in [0.29, 0.717) is 6.42 Å². The zero-order chi connectivity index (χ0) is 11.1. The van der Waals surface area contributed by atoms with Gasteiger partial charge in [0, 0.05) is 5.92 Å². The summed E-state index contributed by atoms with van der Waals surface area (Å²) in [6.45, 7) is 5.55. The molecular formula is C10H17NO3. The van der Waals surface area contributed by atoms with Crippen molar-refractivity contribution in [2.75, 3.05) is 0 Å². The minimum atomic E-state index is -0.775. The van der Waals surface area contributed by atoms with Crippen molar-refractivity contribution in [1.29, 1.82) is 0 Å². The van der Waals surface area contributed by atoms with E-state index in [1.165, 1.54) is 0 Å². The Hall–Kier alpha value is -1.06. The first-order valence-corrected chi connectivity index (χ1v) is 4.80. The normalized spacial score (nSPS) is 31.6. The molecule has 0 bridgehead atoms. The summed E-state index contributed by atoms with van der Waals surface area (Å²) in [5.41, 5.74) is 4.88. The molecule has 3 N–H and O–H groups in total. The van der Waals surface area contributed by atoms with E-state index in [1.807, 2.05) is 13.8 Å². The minimum Gasteiger partial charge on any atom is -0.481 e. The molecule has 1 fully saturated rings. The van der Waals surface area contributed by atoms with Crippen LogP contribution in [0.1, 0.15) is 27.2 Å². The molecule has 4 nitrogen and oxygen atoms in total. The molecular weight excluding hydrogens is 182 g/mol. The average molecular weight is 199 g/mol. The van der Waals surface area contributed by atoms with Crippen LogP contribution in [0.25, 0.3) is 0 Å². The lowest BCUT2D eigenvalue weighted by molar-refractivity contribution is -0.164. The van der Waals surface area contributed by atoms with Gasteiger partial charge in [0.1, 0.15) is 0 Å². The molecule has 80 valence electrons. The molecule has 0 aromatic heterocycles. The monoisotopic (exact) mass is 199 g/mol. The summed E-state index contributed by atoms with van der Waals surface area (Å²) in [4.78, 5) is 21.8. The van der Waals surface area contributed by atoms with Crippen LogP contribution in [0.2, 0.25) is 0 Å². The third-order valence-corrected chi connectivity index (χ3v) is 3.69. The van der Waals surface area contributed by atoms with Gasteiger partial charge in [-0.3, -0.25) is 9.59 Å². The van der Waals surface area contributed by atoms with E-state index in [2.05, 4.69) is 0 Å². The van der Waals surface area contributed by atoms with Gasteiger partial charge in [-0.1, -0.05) is 20.8 Å². The molecule has 1 aliphatic carbocycles. The van der Waals surface area contributed by atoms with E-state index >= 15 is 0 Å². The third kappa shape index (κ3) is 1.49. The molecule has 0 aromatic rings. The number of primary amides is 1. The molecule has 0 radical (unpaired) electrons. The molecule has 1 rings (SSSR count). The van der Waals surface area contributed by atoms with Crippen molar-refractivity contribution >= 4 is 11.9 Å². The van der Waals surface area contributed by atoms with Crippen molar-refractivity contribution in [3.8, 4) is 0 Å². The van der Waals surface area contributed by atoms with Gasteiger partial charge in [0.25, 0.3) is 0 Å². The fourth-order valence-corrected chi connectivity index (χ4v) is 2.43. The Morgan fingerprint density at radius 1 is 1.50 bits per heavy atom. The van der Waals surface area contributed by atoms with Crippen molar-refractivity contribution in [2.45, 2.75) is 27.2 Å². The van der Waals surface area contributed by atoms with Crippen molar-refractivity contribution in [3.05, 3.63) is 0 Å². The first-order chi connectivity index (χ1) is 6.28. The predicted molar refractivity (Wildman–Crippen MR) is 51.4 cm³/mol. The number of carboxylic acids is 1. The van der Waals surface area contributed by atoms with Crippen LogP contribution in [-0.4, -0.2) is 17.0 Å². The van der Waals surface area contributed by atoms with Gasteiger partial charge in [-0.2, -0.15) is 0 Å². The quantitative estimate of drug-likeness (QED) is 0.707. The van der Waals surface area contributed by atoms with Gasteiger partial charge in [-0.15, -0.1) is 0 Å². The summed E-state index contributed by atoms with van der Waals surface area (Å²) in [5.74, 6) is -1.59. The van der Waals surface area contributed by atoms with Crippen molar-refractivity contribution in [1.82, 2.24) is 0 Å². The van der Waals surface area contributed by atoms with Crippen LogP contribution in [0.15, 0.2) is 0 Å². The molecule has 0 heterocycles. The number of hydrogen-bond donors (Lipinski definition) is 2. The largest absolute Gasteiger partial charge is 0.481 e. The Balaban J connectivity index is 2.72. The third-order valence-electron chi connectivity index (χ3n) is 3.69. The number of carbonyl (C=O) groups excluding carboxylic acids is 1. The van der Waals surface area contributed by atoms with Crippen LogP contribution in [0.3, 0.4) is 0 Å². The number of nitrogens with two attached hydrogens (primary N) is 1. The fourth-order valence-electron chi connectivity index (χ4n) is 2.43. The van der Waals surface area contributed by atoms with Gasteiger partial charge in [0.2, 0.25) is 5.91 Å². The van der Waals surface area contributed by atoms with Gasteiger partial charge < -0.3 is 10.8 Å². The standard InChI is InChI=1S/C10H17NO3/c1-5(8(11)12)6-4-7(9(13)14)10(6,2)3/h5-7H,4H2,1-3H3,(H2,11,12)(H,13,14). The topological polar surface area (TPSA) is 80.4 Å². The molecule has 1 amide bonds. The van der Waals surface area contributed by atoms with Crippen LogP contribution >= 0.6 is 0 Å². The maximum absolute atomic E-state index is 11.0. The van der Waals surface area contributed by atoms with Gasteiger partial charge >= 0.3 is 5.97 Å². The second-order valence-electron chi connectivity index (χ2n) is 4.75. The van der Waals surface area contributed by atoms with Crippen molar-refractivity contribution in [2.24, 2.45) is 28.9 Å². The Bertz CT molecular complexity index is 273. The molecule has 0 aromatic carbocycles. The second-order valence-corrected chi connectivity index (χ2v) is 4.75. The van der Waals surface area contributed by atoms with E-state index in [0.717, 1.165) is 0 Å². The maximum Gasteiger partial charge on any atom is 0.307 e. The summed E-state index contributed by atoms with van der Waals surface area (Å²) >= 11 is 0. The van der Waals surface area contributed by atoms with Gasteiger partial charge in [-0.05, 0) is 17.8 Å². The van der Waals surface area contributed by atoms with Gasteiger partial charge in [0.15, 0.2) is 0 Å². The van der Waals surface area contributed by atoms with E-state index in [4.69, 9.17) is 10.8 Å². The second kappa shape index (κ2) is 3.26. The van der Waals surface area contributed by atoms with E-state index in [9.17, 15) is 9.59 Å². The summed E-state index contributed by atoms with van der Waals surface area (Å²) in [7, 11) is 0. The van der Waals surface area contributed by atoms with Gasteiger partial charge in [0.05, 0.1) is 5.92 Å². The number of rotatable bonds is 3. The predicted octanol–water partition coefficient (Wildman–Crippen LogP) is 0.855. The number of amides is 1. The molecule has 0 spiro atoms. The molecule has 1 saturated carbocycles. The van der Waals surface area contributed by atoms with E-state index in [-0.39, 0.29) is 29.1 Å². The van der Waals surface area contributed by atoms with Crippen LogP contribution in [0.5, 0.6) is 0 Å². The highest BCUT2D eigenvalue weighted by Crippen LogP contribution is 2.54. The zero-order valence-electron chi connectivity index (χ0n) is 8.78. The molecule has 3 unspecified atom stereocenters. The number of carbonyl (C=O) groups is 2. The number of carboxylic acid groups (broad SMARTS) is 1. The highest BCUT2D eigenvalue weighted by atomic mass is 16.4. The van der Waals surface area contributed by atoms with E-state index < -0.39 is 5.97 Å². The Kier molecular flexibility index (Phi) is 2.56. The van der Waals surface area contributed by atoms with E-state index in [1.54, 1.807) is 6.92 Å². The molecule has 1 aliphatic rings. The summed E-state index contributed by atoms with van der Waals surface area (Å²) in [6, 6.07) is 0. The van der Waals surface area contributed by atoms with Crippen LogP contribution in [0, 0.1) is 23.2 Å². The highest BCUT2D eigenvalue weighted by molar-refractivity contribution is 5.78. The molecule has 0 saturated heterocycles. The SMILES string of the molecule is CC(C(N)=O)C1CC(C(=O)O)C1(C)C. The van der Waals surface area contributed by atoms with Crippen molar-refractivity contribution < 1.29 is 14.7 Å². The summed E-state index contributed by atoms with van der Waals surface area (Å²) in [6.07, 6.45) is 0.562. The zero-order valence-corrected chi connectivity index (χ0v) is 8.78. The Morgan fingerprint density at radius 2 is 2.00 bits per heavy atom. The van der Waals surface area contributed by atoms with Gasteiger partial charge in [-0.25, -0.2) is 0 Å². The molecule has 3 atom stereocenters. The Labute approximate surface area is 83.5 Å². The summed E-state index contributed by atoms with van der Waals surface area (Å²) < 4.78 is 0. The molecule has 14 heavy (non-hydrogen) atoms. The minimum absolute atomic E-state index is 0.0982. The van der Waals surface area contributed by atoms with Crippen LogP contribution < -0.4 is 5.73 Å².